The van der Waals surface area contributed by atoms with E-state index in [1.807, 2.05) is 0 Å². The zero-order valence-corrected chi connectivity index (χ0v) is 22.1. The molecule has 0 saturated carbocycles. The quantitative estimate of drug-likeness (QED) is 0.130. The molecular weight excluding hydrogens is 542 g/mol. The Balaban J connectivity index is 1.83. The van der Waals surface area contributed by atoms with Gasteiger partial charge in [-0.05, 0) is 46.5 Å². The third-order valence-electron chi connectivity index (χ3n) is 5.97. The molecule has 4 aromatic rings. The number of nitrogens with zero attached hydrogens (tertiary/aromatic N) is 2. The molecule has 0 radical (unpaired) electrons. The fourth-order valence-corrected chi connectivity index (χ4v) is 5.64. The van der Waals surface area contributed by atoms with Crippen LogP contribution in [0.1, 0.15) is 0 Å². The average molecular weight is 566 g/mol. The SMILES string of the molecule is O=CN(CN(C=O)c1cc(-c2ccccc2)ccc1P(=O)(O)O)c1cc(-c2ccccc2)ccc1P(=O)(O)O. The van der Waals surface area contributed by atoms with Crippen LogP contribution in [0.3, 0.4) is 0 Å². The van der Waals surface area contributed by atoms with Crippen molar-refractivity contribution in [1.82, 2.24) is 0 Å². The summed E-state index contributed by atoms with van der Waals surface area (Å²) in [7, 11) is -9.75. The Hall–Kier alpha value is -3.88. The molecule has 200 valence electrons. The third kappa shape index (κ3) is 6.41. The maximum atomic E-state index is 12.3. The highest BCUT2D eigenvalue weighted by molar-refractivity contribution is 7.61. The molecule has 0 aliphatic heterocycles. The van der Waals surface area contributed by atoms with E-state index in [4.69, 9.17) is 0 Å². The van der Waals surface area contributed by atoms with Crippen molar-refractivity contribution in [2.75, 3.05) is 16.5 Å². The van der Waals surface area contributed by atoms with Crippen molar-refractivity contribution in [3.8, 4) is 22.3 Å². The van der Waals surface area contributed by atoms with Gasteiger partial charge in [-0.3, -0.25) is 28.5 Å². The van der Waals surface area contributed by atoms with Gasteiger partial charge in [0.15, 0.2) is 0 Å². The van der Waals surface area contributed by atoms with Gasteiger partial charge in [-0.25, -0.2) is 0 Å². The maximum absolute atomic E-state index is 12.3. The highest BCUT2D eigenvalue weighted by atomic mass is 31.2. The lowest BCUT2D eigenvalue weighted by atomic mass is 10.0. The Morgan fingerprint density at radius 2 is 0.897 bits per heavy atom. The normalized spacial score (nSPS) is 11.6. The highest BCUT2D eigenvalue weighted by Gasteiger charge is 2.29. The fraction of sp³-hybridized carbons (Fsp3) is 0.0370. The maximum Gasteiger partial charge on any atom is 0.358 e. The number of amides is 2. The van der Waals surface area contributed by atoms with Crippen LogP contribution in [0, 0.1) is 0 Å². The largest absolute Gasteiger partial charge is 0.358 e. The van der Waals surface area contributed by atoms with E-state index in [-0.39, 0.29) is 24.2 Å². The molecule has 4 N–H and O–H groups in total. The minimum absolute atomic E-state index is 0.163. The molecule has 0 atom stereocenters. The van der Waals surface area contributed by atoms with Crippen LogP contribution in [0.4, 0.5) is 11.4 Å². The van der Waals surface area contributed by atoms with Crippen LogP contribution in [0.2, 0.25) is 0 Å². The zero-order valence-electron chi connectivity index (χ0n) is 20.3. The molecule has 0 spiro atoms. The van der Waals surface area contributed by atoms with Gasteiger partial charge < -0.3 is 19.6 Å². The van der Waals surface area contributed by atoms with Crippen molar-refractivity contribution in [3.05, 3.63) is 97.1 Å². The minimum atomic E-state index is -4.87. The van der Waals surface area contributed by atoms with Crippen LogP contribution in [-0.2, 0) is 18.7 Å². The molecule has 0 aromatic heterocycles. The number of benzene rings is 4. The predicted molar refractivity (Wildman–Crippen MR) is 149 cm³/mol. The van der Waals surface area contributed by atoms with Crippen molar-refractivity contribution < 1.29 is 38.3 Å². The third-order valence-corrected chi connectivity index (χ3v) is 7.98. The molecule has 0 fully saturated rings. The van der Waals surface area contributed by atoms with Gasteiger partial charge in [-0.1, -0.05) is 72.8 Å². The summed E-state index contributed by atoms with van der Waals surface area (Å²) in [6, 6.07) is 26.1. The summed E-state index contributed by atoms with van der Waals surface area (Å²) < 4.78 is 24.6. The average Bonchev–Trinajstić information content (AvgIpc) is 2.93. The van der Waals surface area contributed by atoms with E-state index in [1.165, 1.54) is 36.4 Å². The van der Waals surface area contributed by atoms with Gasteiger partial charge in [-0.2, -0.15) is 0 Å². The lowest BCUT2D eigenvalue weighted by Gasteiger charge is -2.29. The number of carbonyl (C=O) groups is 2. The molecule has 39 heavy (non-hydrogen) atoms. The standard InChI is InChI=1S/C27H24N2O8P2/c30-18-28(24-15-22(20-7-3-1-4-8-20)11-13-26(24)38(32,33)34)17-29(19-31)25-16-23(21-9-5-2-6-10-21)12-14-27(25)39(35,36)37/h1-16,18-19H,17H2,(H2,32,33,34)(H2,35,36,37). The van der Waals surface area contributed by atoms with Gasteiger partial charge in [0.1, 0.15) is 6.67 Å². The summed E-state index contributed by atoms with van der Waals surface area (Å²) >= 11 is 0. The molecule has 0 unspecified atom stereocenters. The number of hydrogen-bond donors (Lipinski definition) is 4. The predicted octanol–water partition coefficient (Wildman–Crippen LogP) is 3.21. The Kier molecular flexibility index (Phi) is 8.28. The van der Waals surface area contributed by atoms with Gasteiger partial charge in [0, 0.05) is 0 Å². The van der Waals surface area contributed by atoms with Gasteiger partial charge in [0.05, 0.1) is 22.0 Å². The second-order valence-corrected chi connectivity index (χ2v) is 11.7. The monoisotopic (exact) mass is 566 g/mol. The van der Waals surface area contributed by atoms with Crippen LogP contribution < -0.4 is 20.4 Å². The Labute approximate surface area is 224 Å². The fourth-order valence-electron chi connectivity index (χ4n) is 4.12. The smallest absolute Gasteiger partial charge is 0.321 e. The molecule has 0 aliphatic carbocycles. The summed E-state index contributed by atoms with van der Waals surface area (Å²) in [6.45, 7) is -0.594. The van der Waals surface area contributed by atoms with E-state index in [1.54, 1.807) is 60.7 Å². The number of rotatable bonds is 10. The van der Waals surface area contributed by atoms with Gasteiger partial charge in [0.25, 0.3) is 0 Å². The van der Waals surface area contributed by atoms with Gasteiger partial charge >= 0.3 is 15.2 Å². The first-order valence-electron chi connectivity index (χ1n) is 11.5. The Bertz CT molecular complexity index is 1470. The summed E-state index contributed by atoms with van der Waals surface area (Å²) in [5, 5.41) is -0.901. The molecule has 4 rings (SSSR count). The minimum Gasteiger partial charge on any atom is -0.321 e. The van der Waals surface area contributed by atoms with Crippen molar-refractivity contribution in [1.29, 1.82) is 0 Å². The van der Waals surface area contributed by atoms with Crippen molar-refractivity contribution in [2.24, 2.45) is 0 Å². The van der Waals surface area contributed by atoms with Crippen LogP contribution in [0.5, 0.6) is 0 Å². The summed E-state index contributed by atoms with van der Waals surface area (Å²) in [6.07, 6.45) is 0.579. The summed E-state index contributed by atoms with van der Waals surface area (Å²) in [5.41, 5.74) is 2.21. The molecule has 4 aromatic carbocycles. The highest BCUT2D eigenvalue weighted by Crippen LogP contribution is 2.41. The van der Waals surface area contributed by atoms with Crippen molar-refractivity contribution in [3.63, 3.8) is 0 Å². The van der Waals surface area contributed by atoms with Crippen molar-refractivity contribution in [2.45, 2.75) is 0 Å². The van der Waals surface area contributed by atoms with Crippen LogP contribution in [0.25, 0.3) is 22.3 Å². The van der Waals surface area contributed by atoms with E-state index >= 15 is 0 Å². The van der Waals surface area contributed by atoms with Crippen molar-refractivity contribution >= 4 is 50.0 Å². The van der Waals surface area contributed by atoms with Crippen LogP contribution in [-0.4, -0.2) is 39.1 Å². The van der Waals surface area contributed by atoms with E-state index in [9.17, 15) is 38.3 Å². The molecule has 0 saturated heterocycles. The van der Waals surface area contributed by atoms with E-state index in [0.717, 1.165) is 9.80 Å². The lowest BCUT2D eigenvalue weighted by Crippen LogP contribution is -2.40. The second-order valence-electron chi connectivity index (χ2n) is 8.52. The first kappa shape index (κ1) is 28.1. The summed E-state index contributed by atoms with van der Waals surface area (Å²) in [5.74, 6) is 0. The van der Waals surface area contributed by atoms with E-state index in [2.05, 4.69) is 0 Å². The molecule has 10 nitrogen and oxygen atoms in total. The van der Waals surface area contributed by atoms with Crippen LogP contribution in [0.15, 0.2) is 97.1 Å². The number of hydrogen-bond acceptors (Lipinski definition) is 4. The first-order chi connectivity index (χ1) is 18.5. The number of carbonyl (C=O) groups excluding carboxylic acids is 2. The summed E-state index contributed by atoms with van der Waals surface area (Å²) in [4.78, 5) is 66.2. The molecular formula is C27H24N2O8P2. The lowest BCUT2D eigenvalue weighted by molar-refractivity contribution is -0.108. The Morgan fingerprint density at radius 1 is 0.538 bits per heavy atom. The molecule has 0 aliphatic rings. The van der Waals surface area contributed by atoms with E-state index < -0.39 is 32.5 Å². The van der Waals surface area contributed by atoms with E-state index in [0.29, 0.717) is 22.3 Å². The van der Waals surface area contributed by atoms with Gasteiger partial charge in [-0.15, -0.1) is 0 Å². The second kappa shape index (κ2) is 11.5. The zero-order chi connectivity index (χ0) is 28.2. The first-order valence-corrected chi connectivity index (χ1v) is 14.7. The molecule has 2 amide bonds. The van der Waals surface area contributed by atoms with Gasteiger partial charge in [0.2, 0.25) is 12.8 Å². The Morgan fingerprint density at radius 3 is 1.21 bits per heavy atom. The molecule has 0 bridgehead atoms. The van der Waals surface area contributed by atoms with Crippen LogP contribution >= 0.6 is 15.2 Å². The molecule has 12 heteroatoms. The number of anilines is 2. The topological polar surface area (TPSA) is 156 Å². The molecule has 0 heterocycles.